The lowest BCUT2D eigenvalue weighted by molar-refractivity contribution is 0.287. The smallest absolute Gasteiger partial charge is 0.0767 e. The van der Waals surface area contributed by atoms with Gasteiger partial charge in [0.2, 0.25) is 0 Å². The van der Waals surface area contributed by atoms with Gasteiger partial charge in [-0.2, -0.15) is 5.10 Å². The van der Waals surface area contributed by atoms with Crippen LogP contribution < -0.4 is 5.32 Å². The lowest BCUT2D eigenvalue weighted by Crippen LogP contribution is -2.32. The Kier molecular flexibility index (Phi) is 7.64. The van der Waals surface area contributed by atoms with Crippen LogP contribution in [0.5, 0.6) is 0 Å². The summed E-state index contributed by atoms with van der Waals surface area (Å²) in [5, 5.41) is 8.02. The van der Waals surface area contributed by atoms with E-state index >= 15 is 0 Å². The van der Waals surface area contributed by atoms with E-state index in [0.717, 1.165) is 42.8 Å². The summed E-state index contributed by atoms with van der Waals surface area (Å²) in [7, 11) is 2.01. The standard InChI is InChI=1S/C14H27BrN4/c1-5-9-19(7-3)10-8-16-11-13-14(15)12(6-2)17-18(13)4/h16H,5-11H2,1-4H3. The first-order chi connectivity index (χ1) is 9.13. The molecule has 5 heteroatoms. The average Bonchev–Trinajstić information content (AvgIpc) is 2.68. The molecule has 0 radical (unpaired) electrons. The molecule has 19 heavy (non-hydrogen) atoms. The minimum absolute atomic E-state index is 0.869. The van der Waals surface area contributed by atoms with Crippen molar-refractivity contribution < 1.29 is 0 Å². The SMILES string of the molecule is CCCN(CC)CCNCc1c(Br)c(CC)nn1C. The van der Waals surface area contributed by atoms with Gasteiger partial charge in [-0.3, -0.25) is 4.68 Å². The molecule has 110 valence electrons. The third-order valence-corrected chi connectivity index (χ3v) is 4.30. The van der Waals surface area contributed by atoms with E-state index in [9.17, 15) is 0 Å². The normalized spacial score (nSPS) is 11.5. The Bertz CT molecular complexity index is 376. The fraction of sp³-hybridized carbons (Fsp3) is 0.786. The summed E-state index contributed by atoms with van der Waals surface area (Å²) in [5.74, 6) is 0. The van der Waals surface area contributed by atoms with E-state index in [4.69, 9.17) is 0 Å². The van der Waals surface area contributed by atoms with Gasteiger partial charge in [-0.05, 0) is 41.9 Å². The van der Waals surface area contributed by atoms with Crippen molar-refractivity contribution >= 4 is 15.9 Å². The van der Waals surface area contributed by atoms with Gasteiger partial charge in [-0.1, -0.05) is 20.8 Å². The minimum Gasteiger partial charge on any atom is -0.310 e. The molecule has 0 unspecified atom stereocenters. The van der Waals surface area contributed by atoms with Gasteiger partial charge < -0.3 is 10.2 Å². The topological polar surface area (TPSA) is 33.1 Å². The molecular formula is C14H27BrN4. The number of hydrogen-bond donors (Lipinski definition) is 1. The van der Waals surface area contributed by atoms with E-state index in [0.29, 0.717) is 0 Å². The highest BCUT2D eigenvalue weighted by Gasteiger charge is 2.11. The fourth-order valence-electron chi connectivity index (χ4n) is 2.20. The van der Waals surface area contributed by atoms with Gasteiger partial charge in [0.1, 0.15) is 0 Å². The van der Waals surface area contributed by atoms with E-state index in [-0.39, 0.29) is 0 Å². The van der Waals surface area contributed by atoms with Crippen molar-refractivity contribution in [3.8, 4) is 0 Å². The maximum atomic E-state index is 4.51. The van der Waals surface area contributed by atoms with E-state index in [1.807, 2.05) is 11.7 Å². The quantitative estimate of drug-likeness (QED) is 0.706. The van der Waals surface area contributed by atoms with Gasteiger partial charge in [-0.25, -0.2) is 0 Å². The maximum Gasteiger partial charge on any atom is 0.0767 e. The first kappa shape index (κ1) is 16.7. The average molecular weight is 331 g/mol. The summed E-state index contributed by atoms with van der Waals surface area (Å²) < 4.78 is 3.13. The Morgan fingerprint density at radius 2 is 2.00 bits per heavy atom. The van der Waals surface area contributed by atoms with Crippen LogP contribution in [0, 0.1) is 0 Å². The van der Waals surface area contributed by atoms with Crippen LogP contribution in [0.1, 0.15) is 38.6 Å². The first-order valence-electron chi connectivity index (χ1n) is 7.27. The molecule has 1 rings (SSSR count). The van der Waals surface area contributed by atoms with Crippen LogP contribution in [-0.4, -0.2) is 40.9 Å². The Labute approximate surface area is 125 Å². The summed E-state index contributed by atoms with van der Waals surface area (Å²) in [6.45, 7) is 11.9. The number of nitrogens with zero attached hydrogens (tertiary/aromatic N) is 3. The van der Waals surface area contributed by atoms with Crippen molar-refractivity contribution in [3.63, 3.8) is 0 Å². The van der Waals surface area contributed by atoms with Crippen LogP contribution >= 0.6 is 15.9 Å². The number of nitrogens with one attached hydrogen (secondary N) is 1. The second-order valence-corrected chi connectivity index (χ2v) is 5.59. The zero-order valence-corrected chi connectivity index (χ0v) is 14.3. The molecule has 1 N–H and O–H groups in total. The Morgan fingerprint density at radius 1 is 1.26 bits per heavy atom. The number of hydrogen-bond acceptors (Lipinski definition) is 3. The summed E-state index contributed by atoms with van der Waals surface area (Å²) in [6, 6.07) is 0. The van der Waals surface area contributed by atoms with Crippen molar-refractivity contribution in [3.05, 3.63) is 15.9 Å². The molecule has 0 fully saturated rings. The number of likely N-dealkylation sites (N-methyl/N-ethyl adjacent to an activating group) is 1. The third-order valence-electron chi connectivity index (χ3n) is 3.39. The van der Waals surface area contributed by atoms with Gasteiger partial charge >= 0.3 is 0 Å². The molecule has 0 aliphatic carbocycles. The molecule has 0 amide bonds. The van der Waals surface area contributed by atoms with Crippen LogP contribution in [-0.2, 0) is 20.0 Å². The van der Waals surface area contributed by atoms with Gasteiger partial charge in [0, 0.05) is 26.7 Å². The van der Waals surface area contributed by atoms with E-state index in [1.54, 1.807) is 0 Å². The number of aryl methyl sites for hydroxylation is 2. The molecule has 0 aliphatic rings. The predicted octanol–water partition coefficient (Wildman–Crippen LogP) is 2.57. The highest BCUT2D eigenvalue weighted by Crippen LogP contribution is 2.21. The maximum absolute atomic E-state index is 4.51. The van der Waals surface area contributed by atoms with Gasteiger partial charge in [0.25, 0.3) is 0 Å². The monoisotopic (exact) mass is 330 g/mol. The third kappa shape index (κ3) is 4.89. The molecule has 0 atom stereocenters. The van der Waals surface area contributed by atoms with Crippen LogP contribution in [0.15, 0.2) is 4.47 Å². The molecule has 0 aliphatic heterocycles. The van der Waals surface area contributed by atoms with Gasteiger partial charge in [0.05, 0.1) is 15.9 Å². The van der Waals surface area contributed by atoms with Crippen molar-refractivity contribution in [1.82, 2.24) is 20.0 Å². The Morgan fingerprint density at radius 3 is 2.53 bits per heavy atom. The van der Waals surface area contributed by atoms with E-state index < -0.39 is 0 Å². The van der Waals surface area contributed by atoms with Crippen LogP contribution in [0.3, 0.4) is 0 Å². The van der Waals surface area contributed by atoms with Crippen molar-refractivity contribution in [2.75, 3.05) is 26.2 Å². The van der Waals surface area contributed by atoms with Crippen LogP contribution in [0.4, 0.5) is 0 Å². The second kappa shape index (κ2) is 8.72. The van der Waals surface area contributed by atoms with Crippen LogP contribution in [0.25, 0.3) is 0 Å². The largest absolute Gasteiger partial charge is 0.310 e. The molecule has 0 saturated heterocycles. The zero-order chi connectivity index (χ0) is 14.3. The molecule has 0 bridgehead atoms. The summed E-state index contributed by atoms with van der Waals surface area (Å²) >= 11 is 3.65. The lowest BCUT2D eigenvalue weighted by Gasteiger charge is -2.19. The van der Waals surface area contributed by atoms with E-state index in [2.05, 4.69) is 52.0 Å². The molecule has 1 aromatic heterocycles. The van der Waals surface area contributed by atoms with Gasteiger partial charge in [0.15, 0.2) is 0 Å². The summed E-state index contributed by atoms with van der Waals surface area (Å²) in [5.41, 5.74) is 2.37. The van der Waals surface area contributed by atoms with Crippen molar-refractivity contribution in [1.29, 1.82) is 0 Å². The highest BCUT2D eigenvalue weighted by molar-refractivity contribution is 9.10. The number of rotatable bonds is 9. The molecular weight excluding hydrogens is 304 g/mol. The number of aromatic nitrogens is 2. The molecule has 0 aromatic carbocycles. The molecule has 0 saturated carbocycles. The Hall–Kier alpha value is -0.390. The van der Waals surface area contributed by atoms with Crippen molar-refractivity contribution in [2.24, 2.45) is 7.05 Å². The fourth-order valence-corrected chi connectivity index (χ4v) is 2.96. The minimum atomic E-state index is 0.869. The van der Waals surface area contributed by atoms with Crippen molar-refractivity contribution in [2.45, 2.75) is 40.2 Å². The van der Waals surface area contributed by atoms with E-state index in [1.165, 1.54) is 18.7 Å². The molecule has 0 spiro atoms. The number of halogens is 1. The highest BCUT2D eigenvalue weighted by atomic mass is 79.9. The lowest BCUT2D eigenvalue weighted by atomic mass is 10.3. The van der Waals surface area contributed by atoms with Crippen LogP contribution in [0.2, 0.25) is 0 Å². The summed E-state index contributed by atoms with van der Waals surface area (Å²) in [6.07, 6.45) is 2.19. The first-order valence-corrected chi connectivity index (χ1v) is 8.06. The van der Waals surface area contributed by atoms with Gasteiger partial charge in [-0.15, -0.1) is 0 Å². The Balaban J connectivity index is 2.39. The summed E-state index contributed by atoms with van der Waals surface area (Å²) in [4.78, 5) is 2.47. The molecule has 4 nitrogen and oxygen atoms in total. The second-order valence-electron chi connectivity index (χ2n) is 4.80. The predicted molar refractivity (Wildman–Crippen MR) is 84.4 cm³/mol. The zero-order valence-electron chi connectivity index (χ0n) is 12.7. The molecule has 1 aromatic rings. The molecule has 1 heterocycles.